The quantitative estimate of drug-likeness (QED) is 0.749. The smallest absolute Gasteiger partial charge is 0.0540 e. The van der Waals surface area contributed by atoms with Crippen molar-refractivity contribution in [1.82, 2.24) is 9.80 Å². The van der Waals surface area contributed by atoms with Gasteiger partial charge in [0.05, 0.1) is 6.61 Å². The first-order valence-electron chi connectivity index (χ1n) is 10.4. The third-order valence-corrected chi connectivity index (χ3v) is 5.53. The van der Waals surface area contributed by atoms with Crippen LogP contribution in [0.4, 0.5) is 0 Å². The average Bonchev–Trinajstić information content (AvgIpc) is 2.74. The predicted molar refractivity (Wildman–Crippen MR) is 116 cm³/mol. The zero-order valence-electron chi connectivity index (χ0n) is 17.0. The predicted octanol–water partition coefficient (Wildman–Crippen LogP) is 3.56. The fourth-order valence-corrected chi connectivity index (χ4v) is 3.84. The summed E-state index contributed by atoms with van der Waals surface area (Å²) >= 11 is 0. The topological polar surface area (TPSA) is 26.7 Å². The van der Waals surface area contributed by atoms with E-state index in [1.165, 1.54) is 30.5 Å². The number of nitrogens with zero attached hydrogens (tertiary/aromatic N) is 2. The summed E-state index contributed by atoms with van der Waals surface area (Å²) in [5, 5.41) is 8.81. The van der Waals surface area contributed by atoms with Crippen LogP contribution in [0, 0.1) is 11.8 Å². The number of rotatable bonds is 7. The molecule has 28 heavy (non-hydrogen) atoms. The Balaban J connectivity index is 1.48. The molecule has 0 unspecified atom stereocenters. The van der Waals surface area contributed by atoms with E-state index in [-0.39, 0.29) is 6.61 Å². The minimum atomic E-state index is 0.126. The summed E-state index contributed by atoms with van der Waals surface area (Å²) in [6, 6.07) is 20.0. The molecule has 0 spiro atoms. The molecule has 1 aliphatic rings. The highest BCUT2D eigenvalue weighted by Crippen LogP contribution is 2.18. The fourth-order valence-electron chi connectivity index (χ4n) is 3.84. The van der Waals surface area contributed by atoms with Gasteiger partial charge in [-0.15, -0.1) is 0 Å². The van der Waals surface area contributed by atoms with Crippen LogP contribution < -0.4 is 0 Å². The van der Waals surface area contributed by atoms with Gasteiger partial charge < -0.3 is 10.0 Å². The van der Waals surface area contributed by atoms with Crippen LogP contribution in [0.1, 0.15) is 36.0 Å². The Kier molecular flexibility index (Phi) is 8.11. The standard InChI is InChI=1S/C25H32N2O/c1-26(18-16-22-8-3-2-4-9-22)25-11-7-17-27(21-25)20-24-14-12-23(13-15-24)10-5-6-19-28/h2-4,8-9,12-15,25,28H,6-7,11,16-21H2,1H3/t25-/m0/s1. The molecule has 1 atom stereocenters. The van der Waals surface area contributed by atoms with Gasteiger partial charge in [0, 0.05) is 37.7 Å². The van der Waals surface area contributed by atoms with E-state index in [4.69, 9.17) is 5.11 Å². The van der Waals surface area contributed by atoms with Crippen LogP contribution in [-0.4, -0.2) is 54.2 Å². The van der Waals surface area contributed by atoms with Crippen molar-refractivity contribution in [2.45, 2.75) is 38.3 Å². The first kappa shape index (κ1) is 20.6. The van der Waals surface area contributed by atoms with Crippen LogP contribution in [0.3, 0.4) is 0 Å². The summed E-state index contributed by atoms with van der Waals surface area (Å²) in [6.07, 6.45) is 4.22. The van der Waals surface area contributed by atoms with Crippen LogP contribution in [0.15, 0.2) is 54.6 Å². The van der Waals surface area contributed by atoms with Crippen molar-refractivity contribution in [1.29, 1.82) is 0 Å². The Bertz CT molecular complexity index is 761. The fraction of sp³-hybridized carbons (Fsp3) is 0.440. The highest BCUT2D eigenvalue weighted by atomic mass is 16.2. The van der Waals surface area contributed by atoms with Gasteiger partial charge in [-0.3, -0.25) is 4.90 Å². The van der Waals surface area contributed by atoms with Gasteiger partial charge in [-0.05, 0) is 56.1 Å². The molecule has 1 heterocycles. The van der Waals surface area contributed by atoms with E-state index in [0.717, 1.165) is 31.6 Å². The van der Waals surface area contributed by atoms with E-state index in [1.807, 2.05) is 0 Å². The lowest BCUT2D eigenvalue weighted by molar-refractivity contribution is 0.112. The first-order chi connectivity index (χ1) is 13.7. The van der Waals surface area contributed by atoms with Crippen molar-refractivity contribution in [3.8, 4) is 11.8 Å². The Hall–Kier alpha value is -2.12. The summed E-state index contributed by atoms with van der Waals surface area (Å²) in [6.45, 7) is 4.57. The Morgan fingerprint density at radius 1 is 1.07 bits per heavy atom. The second kappa shape index (κ2) is 11.0. The van der Waals surface area contributed by atoms with E-state index < -0.39 is 0 Å². The Morgan fingerprint density at radius 2 is 1.86 bits per heavy atom. The molecule has 0 amide bonds. The average molecular weight is 377 g/mol. The van der Waals surface area contributed by atoms with Crippen molar-refractivity contribution in [3.63, 3.8) is 0 Å². The normalized spacial score (nSPS) is 17.3. The molecule has 0 bridgehead atoms. The minimum absolute atomic E-state index is 0.126. The van der Waals surface area contributed by atoms with Gasteiger partial charge in [0.15, 0.2) is 0 Å². The van der Waals surface area contributed by atoms with Crippen LogP contribution in [0.2, 0.25) is 0 Å². The van der Waals surface area contributed by atoms with Gasteiger partial charge in [-0.1, -0.05) is 54.3 Å². The van der Waals surface area contributed by atoms with Crippen LogP contribution in [-0.2, 0) is 13.0 Å². The lowest BCUT2D eigenvalue weighted by Gasteiger charge is -2.37. The maximum Gasteiger partial charge on any atom is 0.0540 e. The van der Waals surface area contributed by atoms with Crippen LogP contribution in [0.25, 0.3) is 0 Å². The monoisotopic (exact) mass is 376 g/mol. The largest absolute Gasteiger partial charge is 0.395 e. The molecule has 1 aliphatic heterocycles. The lowest BCUT2D eigenvalue weighted by atomic mass is 10.0. The number of hydrogen-bond acceptors (Lipinski definition) is 3. The molecule has 1 saturated heterocycles. The number of aliphatic hydroxyl groups excluding tert-OH is 1. The van der Waals surface area contributed by atoms with Crippen molar-refractivity contribution >= 4 is 0 Å². The number of likely N-dealkylation sites (N-methyl/N-ethyl adjacent to an activating group) is 1. The number of likely N-dealkylation sites (tertiary alicyclic amines) is 1. The van der Waals surface area contributed by atoms with Gasteiger partial charge in [0.25, 0.3) is 0 Å². The van der Waals surface area contributed by atoms with E-state index >= 15 is 0 Å². The highest BCUT2D eigenvalue weighted by molar-refractivity contribution is 5.36. The minimum Gasteiger partial charge on any atom is -0.395 e. The lowest BCUT2D eigenvalue weighted by Crippen LogP contribution is -2.46. The number of piperidine rings is 1. The maximum absolute atomic E-state index is 8.81. The van der Waals surface area contributed by atoms with Gasteiger partial charge in [-0.2, -0.15) is 0 Å². The molecule has 0 radical (unpaired) electrons. The third-order valence-electron chi connectivity index (χ3n) is 5.53. The molecule has 1 fully saturated rings. The summed E-state index contributed by atoms with van der Waals surface area (Å²) in [5.74, 6) is 6.07. The second-order valence-electron chi connectivity index (χ2n) is 7.72. The summed E-state index contributed by atoms with van der Waals surface area (Å²) in [4.78, 5) is 5.12. The zero-order valence-corrected chi connectivity index (χ0v) is 17.0. The first-order valence-corrected chi connectivity index (χ1v) is 10.4. The van der Waals surface area contributed by atoms with Gasteiger partial charge in [0.2, 0.25) is 0 Å². The number of aliphatic hydroxyl groups is 1. The molecule has 0 aromatic heterocycles. The molecule has 3 rings (SSSR count). The molecule has 3 heteroatoms. The van der Waals surface area contributed by atoms with Gasteiger partial charge in [0.1, 0.15) is 0 Å². The molecular formula is C25H32N2O. The van der Waals surface area contributed by atoms with E-state index in [0.29, 0.717) is 12.5 Å². The molecular weight excluding hydrogens is 344 g/mol. The summed E-state index contributed by atoms with van der Waals surface area (Å²) in [7, 11) is 2.27. The van der Waals surface area contributed by atoms with Crippen LogP contribution >= 0.6 is 0 Å². The molecule has 0 aliphatic carbocycles. The highest BCUT2D eigenvalue weighted by Gasteiger charge is 2.23. The van der Waals surface area contributed by atoms with Gasteiger partial charge in [-0.25, -0.2) is 0 Å². The Labute approximate surface area is 170 Å². The maximum atomic E-state index is 8.81. The number of hydrogen-bond donors (Lipinski definition) is 1. The van der Waals surface area contributed by atoms with E-state index in [2.05, 4.69) is 83.3 Å². The van der Waals surface area contributed by atoms with Gasteiger partial charge >= 0.3 is 0 Å². The molecule has 148 valence electrons. The zero-order chi connectivity index (χ0) is 19.6. The molecule has 3 nitrogen and oxygen atoms in total. The van der Waals surface area contributed by atoms with Crippen molar-refractivity contribution in [2.24, 2.45) is 0 Å². The van der Waals surface area contributed by atoms with E-state index in [1.54, 1.807) is 0 Å². The molecule has 0 saturated carbocycles. The summed E-state index contributed by atoms with van der Waals surface area (Å²) in [5.41, 5.74) is 3.79. The second-order valence-corrected chi connectivity index (χ2v) is 7.72. The van der Waals surface area contributed by atoms with Crippen molar-refractivity contribution in [2.75, 3.05) is 33.3 Å². The van der Waals surface area contributed by atoms with Crippen molar-refractivity contribution < 1.29 is 5.11 Å². The third kappa shape index (κ3) is 6.49. The summed E-state index contributed by atoms with van der Waals surface area (Å²) < 4.78 is 0. The van der Waals surface area contributed by atoms with E-state index in [9.17, 15) is 0 Å². The molecule has 2 aromatic rings. The van der Waals surface area contributed by atoms with Crippen LogP contribution in [0.5, 0.6) is 0 Å². The molecule has 1 N–H and O–H groups in total. The Morgan fingerprint density at radius 3 is 2.61 bits per heavy atom. The molecule has 2 aromatic carbocycles. The van der Waals surface area contributed by atoms with Crippen molar-refractivity contribution in [3.05, 3.63) is 71.3 Å². The number of benzene rings is 2. The SMILES string of the molecule is CN(CCc1ccccc1)[C@H]1CCCN(Cc2ccc(C#CCCO)cc2)C1.